The highest BCUT2D eigenvalue weighted by Gasteiger charge is 2.38. The summed E-state index contributed by atoms with van der Waals surface area (Å²) in [6, 6.07) is 1.95. The number of carbonyl (C=O) groups excluding carboxylic acids is 2. The van der Waals surface area contributed by atoms with Gasteiger partial charge in [0.2, 0.25) is 5.91 Å². The molecule has 8 heteroatoms. The van der Waals surface area contributed by atoms with Crippen LogP contribution in [0.1, 0.15) is 12.0 Å². The van der Waals surface area contributed by atoms with Crippen molar-refractivity contribution < 1.29 is 14.3 Å². The van der Waals surface area contributed by atoms with Crippen LogP contribution in [0.15, 0.2) is 4.60 Å². The SMILES string of the molecule is COC(=O)C1CC(=O)N(c2n[nH]c(Br)c2C#N)C1. The Balaban J connectivity index is 2.28. The Hall–Kier alpha value is -1.88. The quantitative estimate of drug-likeness (QED) is 0.805. The first-order valence-corrected chi connectivity index (χ1v) is 5.90. The predicted octanol–water partition coefficient (Wildman–Crippen LogP) is 0.570. The minimum absolute atomic E-state index is 0.0714. The van der Waals surface area contributed by atoms with Gasteiger partial charge in [-0.25, -0.2) is 0 Å². The molecule has 0 aromatic carbocycles. The van der Waals surface area contributed by atoms with Gasteiger partial charge in [0, 0.05) is 13.0 Å². The summed E-state index contributed by atoms with van der Waals surface area (Å²) in [4.78, 5) is 24.5. The topological polar surface area (TPSA) is 99.1 Å². The summed E-state index contributed by atoms with van der Waals surface area (Å²) in [5.74, 6) is -0.954. The molecule has 1 fully saturated rings. The molecule has 0 aliphatic carbocycles. The monoisotopic (exact) mass is 312 g/mol. The molecule has 1 unspecified atom stereocenters. The zero-order valence-corrected chi connectivity index (χ0v) is 11.0. The number of nitriles is 1. The molecule has 1 aliphatic rings. The molecule has 18 heavy (non-hydrogen) atoms. The number of aromatic amines is 1. The molecule has 2 rings (SSSR count). The van der Waals surface area contributed by atoms with Crippen LogP contribution in [0, 0.1) is 17.2 Å². The fraction of sp³-hybridized carbons (Fsp3) is 0.400. The molecule has 1 aromatic heterocycles. The Morgan fingerprint density at radius 1 is 1.72 bits per heavy atom. The smallest absolute Gasteiger partial charge is 0.311 e. The van der Waals surface area contributed by atoms with Crippen LogP contribution in [0.3, 0.4) is 0 Å². The Kier molecular flexibility index (Phi) is 3.34. The Morgan fingerprint density at radius 3 is 3.06 bits per heavy atom. The number of anilines is 1. The van der Waals surface area contributed by atoms with Crippen molar-refractivity contribution in [3.8, 4) is 6.07 Å². The second-order valence-electron chi connectivity index (χ2n) is 3.78. The standard InChI is InChI=1S/C10H9BrN4O3/c1-18-10(17)5-2-7(16)15(4-5)9-6(3-12)8(11)13-14-9/h5H,2,4H2,1H3,(H,13,14). The van der Waals surface area contributed by atoms with E-state index in [4.69, 9.17) is 5.26 Å². The van der Waals surface area contributed by atoms with E-state index in [0.29, 0.717) is 4.60 Å². The number of nitrogens with one attached hydrogen (secondary N) is 1. The Morgan fingerprint density at radius 2 is 2.44 bits per heavy atom. The molecule has 1 amide bonds. The minimum Gasteiger partial charge on any atom is -0.469 e. The number of esters is 1. The van der Waals surface area contributed by atoms with Gasteiger partial charge in [0.05, 0.1) is 13.0 Å². The Bertz CT molecular complexity index is 548. The number of H-pyrrole nitrogens is 1. The van der Waals surface area contributed by atoms with Crippen LogP contribution in [-0.4, -0.2) is 35.7 Å². The van der Waals surface area contributed by atoms with Gasteiger partial charge < -0.3 is 4.74 Å². The third-order valence-electron chi connectivity index (χ3n) is 2.73. The Labute approximate surface area is 111 Å². The maximum atomic E-state index is 11.8. The maximum Gasteiger partial charge on any atom is 0.311 e. The highest BCUT2D eigenvalue weighted by Crippen LogP contribution is 2.29. The highest BCUT2D eigenvalue weighted by atomic mass is 79.9. The lowest BCUT2D eigenvalue weighted by Gasteiger charge is -2.13. The molecule has 7 nitrogen and oxygen atoms in total. The molecule has 0 bridgehead atoms. The number of hydrogen-bond acceptors (Lipinski definition) is 5. The molecular formula is C10H9BrN4O3. The van der Waals surface area contributed by atoms with Crippen molar-refractivity contribution in [2.24, 2.45) is 5.92 Å². The molecule has 2 heterocycles. The maximum absolute atomic E-state index is 11.8. The molecule has 1 aromatic rings. The van der Waals surface area contributed by atoms with Gasteiger partial charge in [-0.2, -0.15) is 10.4 Å². The van der Waals surface area contributed by atoms with Crippen LogP contribution in [-0.2, 0) is 14.3 Å². The van der Waals surface area contributed by atoms with Crippen molar-refractivity contribution >= 4 is 33.6 Å². The number of aromatic nitrogens is 2. The van der Waals surface area contributed by atoms with Gasteiger partial charge in [0.1, 0.15) is 16.2 Å². The average Bonchev–Trinajstić information content (AvgIpc) is 2.91. The van der Waals surface area contributed by atoms with Gasteiger partial charge >= 0.3 is 5.97 Å². The number of halogens is 1. The minimum atomic E-state index is -0.510. The summed E-state index contributed by atoms with van der Waals surface area (Å²) in [5.41, 5.74) is 0.244. The van der Waals surface area contributed by atoms with E-state index in [2.05, 4.69) is 30.9 Å². The zero-order chi connectivity index (χ0) is 13.3. The largest absolute Gasteiger partial charge is 0.469 e. The van der Waals surface area contributed by atoms with Crippen molar-refractivity contribution in [3.05, 3.63) is 10.2 Å². The third kappa shape index (κ3) is 1.97. The van der Waals surface area contributed by atoms with E-state index < -0.39 is 11.9 Å². The number of nitrogens with zero attached hydrogens (tertiary/aromatic N) is 3. The lowest BCUT2D eigenvalue weighted by Crippen LogP contribution is -2.27. The van der Waals surface area contributed by atoms with E-state index in [1.807, 2.05) is 6.07 Å². The lowest BCUT2D eigenvalue weighted by atomic mass is 10.1. The fourth-order valence-electron chi connectivity index (χ4n) is 1.84. The van der Waals surface area contributed by atoms with E-state index in [-0.39, 0.29) is 30.3 Å². The molecule has 1 aliphatic heterocycles. The van der Waals surface area contributed by atoms with Crippen molar-refractivity contribution in [1.82, 2.24) is 10.2 Å². The van der Waals surface area contributed by atoms with Crippen LogP contribution in [0.5, 0.6) is 0 Å². The number of methoxy groups -OCH3 is 1. The number of amides is 1. The number of rotatable bonds is 2. The summed E-state index contributed by atoms with van der Waals surface area (Å²) < 4.78 is 5.02. The van der Waals surface area contributed by atoms with Crippen LogP contribution in [0.2, 0.25) is 0 Å². The van der Waals surface area contributed by atoms with Gasteiger partial charge in [0.15, 0.2) is 5.82 Å². The summed E-state index contributed by atoms with van der Waals surface area (Å²) in [7, 11) is 1.28. The molecule has 1 atom stereocenters. The first-order valence-electron chi connectivity index (χ1n) is 5.10. The van der Waals surface area contributed by atoms with E-state index in [0.717, 1.165) is 0 Å². The molecular weight excluding hydrogens is 304 g/mol. The van der Waals surface area contributed by atoms with Gasteiger partial charge in [-0.15, -0.1) is 0 Å². The van der Waals surface area contributed by atoms with Crippen molar-refractivity contribution in [1.29, 1.82) is 5.26 Å². The molecule has 1 N–H and O–H groups in total. The summed E-state index contributed by atoms with van der Waals surface area (Å²) in [5, 5.41) is 15.5. The number of ether oxygens (including phenoxy) is 1. The normalized spacial score (nSPS) is 18.8. The van der Waals surface area contributed by atoms with E-state index in [9.17, 15) is 9.59 Å². The van der Waals surface area contributed by atoms with E-state index in [1.54, 1.807) is 0 Å². The molecule has 0 spiro atoms. The van der Waals surface area contributed by atoms with Gasteiger partial charge in [0.25, 0.3) is 0 Å². The van der Waals surface area contributed by atoms with Gasteiger partial charge in [-0.1, -0.05) is 0 Å². The van der Waals surface area contributed by atoms with Crippen molar-refractivity contribution in [2.45, 2.75) is 6.42 Å². The fourth-order valence-corrected chi connectivity index (χ4v) is 2.20. The van der Waals surface area contributed by atoms with Crippen LogP contribution < -0.4 is 4.90 Å². The summed E-state index contributed by atoms with van der Waals surface area (Å²) in [6.45, 7) is 0.178. The average molecular weight is 313 g/mol. The van der Waals surface area contributed by atoms with Crippen LogP contribution >= 0.6 is 15.9 Å². The van der Waals surface area contributed by atoms with Crippen LogP contribution in [0.4, 0.5) is 5.82 Å². The molecule has 0 saturated carbocycles. The first-order chi connectivity index (χ1) is 8.58. The second-order valence-corrected chi connectivity index (χ2v) is 4.57. The van der Waals surface area contributed by atoms with E-state index in [1.165, 1.54) is 12.0 Å². The number of carbonyl (C=O) groups is 2. The summed E-state index contributed by atoms with van der Waals surface area (Å²) in [6.07, 6.45) is 0.0714. The predicted molar refractivity (Wildman–Crippen MR) is 63.5 cm³/mol. The van der Waals surface area contributed by atoms with Crippen molar-refractivity contribution in [2.75, 3.05) is 18.6 Å². The van der Waals surface area contributed by atoms with Gasteiger partial charge in [-0.05, 0) is 15.9 Å². The first kappa shape index (κ1) is 12.6. The molecule has 94 valence electrons. The lowest BCUT2D eigenvalue weighted by molar-refractivity contribution is -0.145. The van der Waals surface area contributed by atoms with Crippen LogP contribution in [0.25, 0.3) is 0 Å². The summed E-state index contributed by atoms with van der Waals surface area (Å²) >= 11 is 3.13. The van der Waals surface area contributed by atoms with E-state index >= 15 is 0 Å². The number of hydrogen-bond donors (Lipinski definition) is 1. The second kappa shape index (κ2) is 4.78. The molecule has 1 saturated heterocycles. The zero-order valence-electron chi connectivity index (χ0n) is 9.44. The van der Waals surface area contributed by atoms with Crippen molar-refractivity contribution in [3.63, 3.8) is 0 Å². The molecule has 0 radical (unpaired) electrons. The third-order valence-corrected chi connectivity index (χ3v) is 3.30. The highest BCUT2D eigenvalue weighted by molar-refractivity contribution is 9.10. The van der Waals surface area contributed by atoms with Gasteiger partial charge in [-0.3, -0.25) is 19.6 Å².